The van der Waals surface area contributed by atoms with E-state index in [4.69, 9.17) is 0 Å². The van der Waals surface area contributed by atoms with Crippen LogP contribution in [0.1, 0.15) is 5.56 Å². The van der Waals surface area contributed by atoms with E-state index in [1.54, 1.807) is 13.0 Å². The average Bonchev–Trinajstić information content (AvgIpc) is 2.08. The lowest BCUT2D eigenvalue weighted by Crippen LogP contribution is -2.09. The molecule has 0 amide bonds. The van der Waals surface area contributed by atoms with Crippen LogP contribution in [0, 0.1) is 17.0 Å². The minimum Gasteiger partial charge on any atom is -0.377 e. The van der Waals surface area contributed by atoms with Crippen LogP contribution in [-0.2, 0) is 0 Å². The zero-order valence-corrected chi connectivity index (χ0v) is 9.83. The van der Waals surface area contributed by atoms with Gasteiger partial charge in [0, 0.05) is 35.9 Å². The molecule has 5 heteroatoms. The zero-order valence-electron chi connectivity index (χ0n) is 8.24. The largest absolute Gasteiger partial charge is 0.377 e. The van der Waals surface area contributed by atoms with Crippen molar-refractivity contribution in [1.29, 1.82) is 0 Å². The molecular weight excluding hydrogens is 248 g/mol. The zero-order chi connectivity index (χ0) is 10.9. The highest BCUT2D eigenvalue weighted by atomic mass is 79.9. The predicted molar refractivity (Wildman–Crippen MR) is 59.9 cm³/mol. The summed E-state index contributed by atoms with van der Waals surface area (Å²) in [4.78, 5) is 12.2. The number of rotatable bonds is 2. The van der Waals surface area contributed by atoms with E-state index in [2.05, 4.69) is 15.9 Å². The normalized spacial score (nSPS) is 10.0. The van der Waals surface area contributed by atoms with Gasteiger partial charge in [0.05, 0.1) is 4.92 Å². The molecule has 1 aromatic carbocycles. The second-order valence-corrected chi connectivity index (χ2v) is 4.08. The highest BCUT2D eigenvalue weighted by Crippen LogP contribution is 2.31. The van der Waals surface area contributed by atoms with Gasteiger partial charge in [-0.3, -0.25) is 10.1 Å². The van der Waals surface area contributed by atoms with Gasteiger partial charge in [0.15, 0.2) is 0 Å². The fourth-order valence-corrected chi connectivity index (χ4v) is 1.54. The van der Waals surface area contributed by atoms with Crippen LogP contribution in [0.25, 0.3) is 0 Å². The fourth-order valence-electron chi connectivity index (χ4n) is 1.10. The summed E-state index contributed by atoms with van der Waals surface area (Å²) in [7, 11) is 3.70. The van der Waals surface area contributed by atoms with E-state index in [0.717, 1.165) is 10.2 Å². The van der Waals surface area contributed by atoms with Crippen LogP contribution in [0.2, 0.25) is 0 Å². The van der Waals surface area contributed by atoms with Gasteiger partial charge in [-0.05, 0) is 13.0 Å². The molecule has 1 aromatic rings. The number of hydrogen-bond donors (Lipinski definition) is 0. The summed E-state index contributed by atoms with van der Waals surface area (Å²) < 4.78 is 0.760. The summed E-state index contributed by atoms with van der Waals surface area (Å²) in [6.45, 7) is 1.72. The lowest BCUT2D eigenvalue weighted by Gasteiger charge is -2.13. The first-order valence-corrected chi connectivity index (χ1v) is 4.84. The molecule has 0 aliphatic heterocycles. The highest BCUT2D eigenvalue weighted by molar-refractivity contribution is 9.10. The van der Waals surface area contributed by atoms with E-state index >= 15 is 0 Å². The Morgan fingerprint density at radius 3 is 2.43 bits per heavy atom. The first kappa shape index (κ1) is 11.0. The molecule has 0 aliphatic carbocycles. The van der Waals surface area contributed by atoms with Gasteiger partial charge >= 0.3 is 0 Å². The lowest BCUT2D eigenvalue weighted by atomic mass is 10.2. The van der Waals surface area contributed by atoms with Crippen LogP contribution in [0.15, 0.2) is 16.6 Å². The van der Waals surface area contributed by atoms with E-state index in [9.17, 15) is 10.1 Å². The van der Waals surface area contributed by atoms with Crippen molar-refractivity contribution in [2.45, 2.75) is 6.92 Å². The van der Waals surface area contributed by atoms with Gasteiger partial charge < -0.3 is 4.90 Å². The number of halogens is 1. The van der Waals surface area contributed by atoms with Crippen LogP contribution in [0.5, 0.6) is 0 Å². The van der Waals surface area contributed by atoms with Crippen molar-refractivity contribution in [1.82, 2.24) is 0 Å². The van der Waals surface area contributed by atoms with E-state index < -0.39 is 0 Å². The first-order valence-electron chi connectivity index (χ1n) is 4.05. The Morgan fingerprint density at radius 1 is 1.43 bits per heavy atom. The molecule has 0 atom stereocenters. The molecule has 0 spiro atoms. The Hall–Kier alpha value is -1.10. The predicted octanol–water partition coefficient (Wildman–Crippen LogP) is 2.73. The molecule has 0 unspecified atom stereocenters. The summed E-state index contributed by atoms with van der Waals surface area (Å²) in [5.74, 6) is 0. The van der Waals surface area contributed by atoms with Crippen molar-refractivity contribution in [3.63, 3.8) is 0 Å². The summed E-state index contributed by atoms with van der Waals surface area (Å²) in [6, 6.07) is 3.43. The summed E-state index contributed by atoms with van der Waals surface area (Å²) in [5, 5.41) is 10.7. The maximum atomic E-state index is 10.7. The van der Waals surface area contributed by atoms with Gasteiger partial charge in [-0.1, -0.05) is 15.9 Å². The Bertz CT molecular complexity index is 377. The molecule has 14 heavy (non-hydrogen) atoms. The molecular formula is C9H11BrN2O2. The molecule has 76 valence electrons. The molecule has 0 heterocycles. The van der Waals surface area contributed by atoms with Crippen LogP contribution >= 0.6 is 15.9 Å². The van der Waals surface area contributed by atoms with Crippen molar-refractivity contribution >= 4 is 27.3 Å². The third-order valence-electron chi connectivity index (χ3n) is 2.01. The van der Waals surface area contributed by atoms with Crippen LogP contribution in [0.4, 0.5) is 11.4 Å². The van der Waals surface area contributed by atoms with E-state index in [-0.39, 0.29) is 10.6 Å². The molecule has 0 bridgehead atoms. The van der Waals surface area contributed by atoms with Gasteiger partial charge in [0.1, 0.15) is 0 Å². The van der Waals surface area contributed by atoms with Gasteiger partial charge in [-0.25, -0.2) is 0 Å². The van der Waals surface area contributed by atoms with E-state index in [1.165, 1.54) is 0 Å². The minimum atomic E-state index is -0.368. The van der Waals surface area contributed by atoms with Crippen molar-refractivity contribution in [3.8, 4) is 0 Å². The average molecular weight is 259 g/mol. The second kappa shape index (κ2) is 3.96. The number of anilines is 1. The second-order valence-electron chi connectivity index (χ2n) is 3.22. The van der Waals surface area contributed by atoms with Gasteiger partial charge in [0.25, 0.3) is 5.69 Å². The van der Waals surface area contributed by atoms with E-state index in [1.807, 2.05) is 25.1 Å². The van der Waals surface area contributed by atoms with Crippen LogP contribution < -0.4 is 4.90 Å². The Balaban J connectivity index is 3.35. The molecule has 0 fully saturated rings. The molecule has 0 saturated carbocycles. The molecule has 4 nitrogen and oxygen atoms in total. The molecule has 0 radical (unpaired) electrons. The maximum Gasteiger partial charge on any atom is 0.275 e. The topological polar surface area (TPSA) is 46.4 Å². The minimum absolute atomic E-state index is 0.142. The molecule has 0 aromatic heterocycles. The summed E-state index contributed by atoms with van der Waals surface area (Å²) in [5.41, 5.74) is 1.61. The van der Waals surface area contributed by atoms with Gasteiger partial charge in [-0.15, -0.1) is 0 Å². The Labute approximate surface area is 90.8 Å². The number of nitrogens with zero attached hydrogens (tertiary/aromatic N) is 2. The quantitative estimate of drug-likeness (QED) is 0.606. The molecule has 0 saturated heterocycles. The van der Waals surface area contributed by atoms with E-state index in [0.29, 0.717) is 5.56 Å². The van der Waals surface area contributed by atoms with Crippen molar-refractivity contribution in [2.75, 3.05) is 19.0 Å². The van der Waals surface area contributed by atoms with Crippen molar-refractivity contribution in [3.05, 3.63) is 32.3 Å². The van der Waals surface area contributed by atoms with Crippen molar-refractivity contribution in [2.24, 2.45) is 0 Å². The van der Waals surface area contributed by atoms with Crippen LogP contribution in [-0.4, -0.2) is 19.0 Å². The van der Waals surface area contributed by atoms with Crippen molar-refractivity contribution < 1.29 is 4.92 Å². The summed E-state index contributed by atoms with van der Waals surface area (Å²) >= 11 is 3.30. The first-order chi connectivity index (χ1) is 6.43. The Morgan fingerprint density at radius 2 is 2.00 bits per heavy atom. The lowest BCUT2D eigenvalue weighted by molar-refractivity contribution is -0.385. The Kier molecular flexibility index (Phi) is 3.10. The maximum absolute atomic E-state index is 10.7. The monoisotopic (exact) mass is 258 g/mol. The number of benzene rings is 1. The highest BCUT2D eigenvalue weighted by Gasteiger charge is 2.15. The molecule has 0 N–H and O–H groups in total. The molecule has 0 aliphatic rings. The number of nitro benzene ring substituents is 1. The smallest absolute Gasteiger partial charge is 0.275 e. The summed E-state index contributed by atoms with van der Waals surface area (Å²) in [6.07, 6.45) is 0. The SMILES string of the molecule is Cc1c(Br)cc(N(C)C)cc1[N+](=O)[O-]. The third kappa shape index (κ3) is 2.04. The third-order valence-corrected chi connectivity index (χ3v) is 2.84. The fraction of sp³-hybridized carbons (Fsp3) is 0.333. The standard InChI is InChI=1S/C9H11BrN2O2/c1-6-8(10)4-7(11(2)3)5-9(6)12(13)14/h4-5H,1-3H3. The number of hydrogen-bond acceptors (Lipinski definition) is 3. The van der Waals surface area contributed by atoms with Gasteiger partial charge in [-0.2, -0.15) is 0 Å². The number of nitro groups is 1. The van der Waals surface area contributed by atoms with Crippen LogP contribution in [0.3, 0.4) is 0 Å². The molecule has 1 rings (SSSR count). The van der Waals surface area contributed by atoms with Gasteiger partial charge in [0.2, 0.25) is 0 Å².